The third-order valence-electron chi connectivity index (χ3n) is 3.80. The number of pyridine rings is 1. The Kier molecular flexibility index (Phi) is 12.1. The first-order valence-corrected chi connectivity index (χ1v) is 10.4. The molecule has 0 unspecified atom stereocenters. The number of hydrogen-bond donors (Lipinski definition) is 0. The maximum atomic E-state index is 13.1. The van der Waals surface area contributed by atoms with Gasteiger partial charge in [-0.1, -0.05) is 24.0 Å². The fourth-order valence-corrected chi connectivity index (χ4v) is 3.28. The SMILES string of the molecule is C=C.C=C/C(=C\C)OCCC=O.CN(Cc1cccnc1)c1nc2cc(F)ccc2s1. The number of aromatic nitrogens is 2. The van der Waals surface area contributed by atoms with Gasteiger partial charge in [-0.15, -0.1) is 13.2 Å². The van der Waals surface area contributed by atoms with E-state index in [0.29, 0.717) is 18.5 Å². The van der Waals surface area contributed by atoms with Crippen LogP contribution in [0.25, 0.3) is 10.2 Å². The van der Waals surface area contributed by atoms with Crippen LogP contribution in [0.4, 0.5) is 9.52 Å². The highest BCUT2D eigenvalue weighted by molar-refractivity contribution is 7.22. The first kappa shape index (κ1) is 25.7. The number of halogens is 1. The van der Waals surface area contributed by atoms with Gasteiger partial charge in [0.15, 0.2) is 5.13 Å². The summed E-state index contributed by atoms with van der Waals surface area (Å²) in [6.07, 6.45) is 8.28. The highest BCUT2D eigenvalue weighted by Crippen LogP contribution is 2.29. The average molecular weight is 442 g/mol. The first-order chi connectivity index (χ1) is 15.1. The summed E-state index contributed by atoms with van der Waals surface area (Å²) < 4.78 is 19.2. The number of nitrogens with zero attached hydrogens (tertiary/aromatic N) is 3. The number of ether oxygens (including phenoxy) is 1. The standard InChI is InChI=1S/C14H12FN3S.C8H12O2.C2H4/c1-18(9-10-3-2-6-16-8-10)14-17-12-7-11(15)4-5-13(12)19-14;1-3-8(4-2)10-7-5-6-9;1-2/h2-8H,9H2,1H3;3-4,6H,1,5,7H2,2H3;1-2H2/b;8-4+;. The van der Waals surface area contributed by atoms with Crippen molar-refractivity contribution in [3.05, 3.63) is 91.8 Å². The van der Waals surface area contributed by atoms with Crippen molar-refractivity contribution in [1.82, 2.24) is 9.97 Å². The number of thiazole rings is 1. The summed E-state index contributed by atoms with van der Waals surface area (Å²) in [6.45, 7) is 12.6. The van der Waals surface area contributed by atoms with E-state index >= 15 is 0 Å². The second-order valence-corrected chi connectivity index (χ2v) is 7.03. The van der Waals surface area contributed by atoms with Crippen LogP contribution in [0.5, 0.6) is 0 Å². The molecule has 5 nitrogen and oxygen atoms in total. The van der Waals surface area contributed by atoms with Crippen LogP contribution in [0.2, 0.25) is 0 Å². The highest BCUT2D eigenvalue weighted by Gasteiger charge is 2.09. The molecule has 0 aliphatic carbocycles. The van der Waals surface area contributed by atoms with Gasteiger partial charge in [0, 0.05) is 38.5 Å². The molecule has 0 saturated heterocycles. The van der Waals surface area contributed by atoms with E-state index in [4.69, 9.17) is 4.74 Å². The van der Waals surface area contributed by atoms with Crippen LogP contribution in [0.1, 0.15) is 18.9 Å². The van der Waals surface area contributed by atoms with Crippen molar-refractivity contribution >= 4 is 33.0 Å². The third kappa shape index (κ3) is 8.92. The third-order valence-corrected chi connectivity index (χ3v) is 4.95. The fourth-order valence-electron chi connectivity index (χ4n) is 2.37. The van der Waals surface area contributed by atoms with Crippen LogP contribution in [0.15, 0.2) is 80.4 Å². The van der Waals surface area contributed by atoms with Crippen LogP contribution in [0.3, 0.4) is 0 Å². The van der Waals surface area contributed by atoms with E-state index in [9.17, 15) is 9.18 Å². The number of benzene rings is 1. The highest BCUT2D eigenvalue weighted by atomic mass is 32.1. The molecule has 2 aromatic heterocycles. The minimum absolute atomic E-state index is 0.251. The van der Waals surface area contributed by atoms with Crippen molar-refractivity contribution in [3.8, 4) is 0 Å². The van der Waals surface area contributed by atoms with Gasteiger partial charge in [-0.3, -0.25) is 4.98 Å². The molecule has 7 heteroatoms. The van der Waals surface area contributed by atoms with Gasteiger partial charge in [0.05, 0.1) is 16.8 Å². The fraction of sp³-hybridized carbons (Fsp3) is 0.208. The van der Waals surface area contributed by atoms with Gasteiger partial charge < -0.3 is 14.4 Å². The molecular formula is C24H28FN3O2S. The van der Waals surface area contributed by atoms with Gasteiger partial charge in [-0.05, 0) is 42.8 Å². The summed E-state index contributed by atoms with van der Waals surface area (Å²) in [5, 5.41) is 0.879. The molecule has 0 N–H and O–H groups in total. The second kappa shape index (κ2) is 14.6. The maximum Gasteiger partial charge on any atom is 0.186 e. The molecule has 31 heavy (non-hydrogen) atoms. The van der Waals surface area contributed by atoms with Crippen molar-refractivity contribution in [2.75, 3.05) is 18.6 Å². The monoisotopic (exact) mass is 441 g/mol. The summed E-state index contributed by atoms with van der Waals surface area (Å²) >= 11 is 1.56. The molecule has 0 amide bonds. The van der Waals surface area contributed by atoms with Crippen LogP contribution in [0, 0.1) is 5.82 Å². The van der Waals surface area contributed by atoms with E-state index in [1.165, 1.54) is 12.1 Å². The van der Waals surface area contributed by atoms with Gasteiger partial charge in [0.25, 0.3) is 0 Å². The van der Waals surface area contributed by atoms with Crippen molar-refractivity contribution in [2.24, 2.45) is 0 Å². The van der Waals surface area contributed by atoms with Gasteiger partial charge in [0.1, 0.15) is 17.9 Å². The number of rotatable bonds is 8. The van der Waals surface area contributed by atoms with Crippen LogP contribution < -0.4 is 4.90 Å². The smallest absolute Gasteiger partial charge is 0.186 e. The molecule has 0 radical (unpaired) electrons. The Morgan fingerprint density at radius 3 is 2.71 bits per heavy atom. The number of carbonyl (C=O) groups excluding carboxylic acids is 1. The van der Waals surface area contributed by atoms with Gasteiger partial charge >= 0.3 is 0 Å². The van der Waals surface area contributed by atoms with E-state index in [0.717, 1.165) is 34.0 Å². The Bertz CT molecular complexity index is 973. The van der Waals surface area contributed by atoms with Crippen molar-refractivity contribution in [3.63, 3.8) is 0 Å². The van der Waals surface area contributed by atoms with Gasteiger partial charge in [-0.2, -0.15) is 0 Å². The van der Waals surface area contributed by atoms with E-state index in [2.05, 4.69) is 29.7 Å². The summed E-state index contributed by atoms with van der Waals surface area (Å²) in [4.78, 5) is 20.4. The topological polar surface area (TPSA) is 55.3 Å². The summed E-state index contributed by atoms with van der Waals surface area (Å²) in [6, 6.07) is 8.63. The zero-order chi connectivity index (χ0) is 23.1. The molecule has 0 fully saturated rings. The number of fused-ring (bicyclic) bond motifs is 1. The van der Waals surface area contributed by atoms with Gasteiger partial charge in [-0.25, -0.2) is 9.37 Å². The lowest BCUT2D eigenvalue weighted by Gasteiger charge is -2.14. The number of allylic oxidation sites excluding steroid dienone is 2. The van der Waals surface area contributed by atoms with E-state index in [1.54, 1.807) is 35.8 Å². The zero-order valence-electron chi connectivity index (χ0n) is 18.0. The van der Waals surface area contributed by atoms with Crippen LogP contribution >= 0.6 is 11.3 Å². The van der Waals surface area contributed by atoms with E-state index in [-0.39, 0.29) is 5.82 Å². The average Bonchev–Trinajstić information content (AvgIpc) is 3.23. The number of aldehydes is 1. The molecule has 3 aromatic rings. The van der Waals surface area contributed by atoms with E-state index in [1.807, 2.05) is 37.2 Å². The van der Waals surface area contributed by atoms with Crippen LogP contribution in [-0.4, -0.2) is 29.9 Å². The lowest BCUT2D eigenvalue weighted by Crippen LogP contribution is -2.15. The number of carbonyl (C=O) groups is 1. The molecule has 0 aliphatic rings. The van der Waals surface area contributed by atoms with Crippen molar-refractivity contribution in [2.45, 2.75) is 19.9 Å². The van der Waals surface area contributed by atoms with Crippen molar-refractivity contribution in [1.29, 1.82) is 0 Å². The normalized spacial score (nSPS) is 10.2. The molecule has 0 bridgehead atoms. The Morgan fingerprint density at radius 1 is 1.32 bits per heavy atom. The first-order valence-electron chi connectivity index (χ1n) is 9.58. The molecule has 0 aliphatic heterocycles. The minimum Gasteiger partial charge on any atom is -0.494 e. The summed E-state index contributed by atoms with van der Waals surface area (Å²) in [5.74, 6) is 0.473. The molecule has 0 spiro atoms. The Hall–Kier alpha value is -3.32. The minimum atomic E-state index is -0.251. The van der Waals surface area contributed by atoms with Crippen LogP contribution in [-0.2, 0) is 16.1 Å². The molecule has 2 heterocycles. The Balaban J connectivity index is 0.000000343. The lowest BCUT2D eigenvalue weighted by molar-refractivity contribution is -0.108. The molecule has 1 aromatic carbocycles. The number of hydrogen-bond acceptors (Lipinski definition) is 6. The summed E-state index contributed by atoms with van der Waals surface area (Å²) in [7, 11) is 1.97. The molecule has 3 rings (SSSR count). The predicted molar refractivity (Wildman–Crippen MR) is 128 cm³/mol. The quantitative estimate of drug-likeness (QED) is 0.142. The predicted octanol–water partition coefficient (Wildman–Crippen LogP) is 5.95. The number of anilines is 1. The molecule has 164 valence electrons. The van der Waals surface area contributed by atoms with Crippen molar-refractivity contribution < 1.29 is 13.9 Å². The largest absolute Gasteiger partial charge is 0.494 e. The summed E-state index contributed by atoms with van der Waals surface area (Å²) in [5.41, 5.74) is 1.83. The Labute approximate surface area is 187 Å². The van der Waals surface area contributed by atoms with Gasteiger partial charge in [0.2, 0.25) is 0 Å². The lowest BCUT2D eigenvalue weighted by atomic mass is 10.3. The molecule has 0 saturated carbocycles. The second-order valence-electron chi connectivity index (χ2n) is 6.02. The molecular weight excluding hydrogens is 413 g/mol. The Morgan fingerprint density at radius 2 is 2.10 bits per heavy atom. The zero-order valence-corrected chi connectivity index (χ0v) is 18.8. The molecule has 0 atom stereocenters. The maximum absolute atomic E-state index is 13.1. The van der Waals surface area contributed by atoms with E-state index < -0.39 is 0 Å².